The molecule has 1 aliphatic carbocycles. The van der Waals surface area contributed by atoms with E-state index in [2.05, 4.69) is 18.2 Å². The van der Waals surface area contributed by atoms with Gasteiger partial charge >= 0.3 is 0 Å². The molecule has 0 unspecified atom stereocenters. The highest BCUT2D eigenvalue weighted by Gasteiger charge is 2.22. The van der Waals surface area contributed by atoms with Gasteiger partial charge in [-0.1, -0.05) is 6.07 Å². The topological polar surface area (TPSA) is 44.5 Å². The molecule has 0 heterocycles. The zero-order valence-corrected chi connectivity index (χ0v) is 11.2. The molecule has 0 bridgehead atoms. The SMILES string of the molecule is CCOCc1ccc(OCC2CC2)c(CCN)c1. The molecule has 0 radical (unpaired) electrons. The average molecular weight is 249 g/mol. The molecule has 2 N–H and O–H groups in total. The van der Waals surface area contributed by atoms with E-state index in [0.717, 1.165) is 31.3 Å². The van der Waals surface area contributed by atoms with Gasteiger partial charge in [-0.2, -0.15) is 0 Å². The van der Waals surface area contributed by atoms with Crippen LogP contribution in [0.1, 0.15) is 30.9 Å². The van der Waals surface area contributed by atoms with Gasteiger partial charge in [0.1, 0.15) is 5.75 Å². The Morgan fingerprint density at radius 1 is 1.33 bits per heavy atom. The summed E-state index contributed by atoms with van der Waals surface area (Å²) in [6, 6.07) is 6.30. The molecule has 3 heteroatoms. The lowest BCUT2D eigenvalue weighted by molar-refractivity contribution is 0.134. The van der Waals surface area contributed by atoms with Gasteiger partial charge in [0.2, 0.25) is 0 Å². The smallest absolute Gasteiger partial charge is 0.122 e. The maximum absolute atomic E-state index is 5.88. The Morgan fingerprint density at radius 3 is 2.83 bits per heavy atom. The first-order valence-corrected chi connectivity index (χ1v) is 6.86. The molecule has 1 saturated carbocycles. The molecule has 0 aromatic heterocycles. The summed E-state index contributed by atoms with van der Waals surface area (Å²) in [7, 11) is 0. The molecule has 1 aromatic rings. The van der Waals surface area contributed by atoms with Crippen molar-refractivity contribution in [2.75, 3.05) is 19.8 Å². The number of hydrogen-bond donors (Lipinski definition) is 1. The van der Waals surface area contributed by atoms with Crippen molar-refractivity contribution in [2.24, 2.45) is 11.7 Å². The third kappa shape index (κ3) is 4.00. The first-order chi connectivity index (χ1) is 8.83. The van der Waals surface area contributed by atoms with E-state index in [1.807, 2.05) is 6.92 Å². The van der Waals surface area contributed by atoms with E-state index in [1.165, 1.54) is 24.0 Å². The summed E-state index contributed by atoms with van der Waals surface area (Å²) in [6.07, 6.45) is 3.49. The van der Waals surface area contributed by atoms with Gasteiger partial charge in [-0.15, -0.1) is 0 Å². The Balaban J connectivity index is 2.01. The summed E-state index contributed by atoms with van der Waals surface area (Å²) in [5, 5.41) is 0. The Kier molecular flexibility index (Phi) is 5.02. The van der Waals surface area contributed by atoms with Gasteiger partial charge in [0.25, 0.3) is 0 Å². The van der Waals surface area contributed by atoms with Crippen LogP contribution in [0.2, 0.25) is 0 Å². The molecule has 3 nitrogen and oxygen atoms in total. The molecule has 18 heavy (non-hydrogen) atoms. The van der Waals surface area contributed by atoms with E-state index in [9.17, 15) is 0 Å². The Labute approximate surface area is 109 Å². The van der Waals surface area contributed by atoms with Gasteiger partial charge in [-0.05, 0) is 61.9 Å². The largest absolute Gasteiger partial charge is 0.493 e. The van der Waals surface area contributed by atoms with Crippen molar-refractivity contribution < 1.29 is 9.47 Å². The van der Waals surface area contributed by atoms with Crippen LogP contribution in [-0.4, -0.2) is 19.8 Å². The van der Waals surface area contributed by atoms with Crippen molar-refractivity contribution in [3.8, 4) is 5.75 Å². The first-order valence-electron chi connectivity index (χ1n) is 6.86. The Hall–Kier alpha value is -1.06. The minimum atomic E-state index is 0.651. The van der Waals surface area contributed by atoms with Gasteiger partial charge in [0.05, 0.1) is 13.2 Å². The lowest BCUT2D eigenvalue weighted by atomic mass is 10.1. The predicted octanol–water partition coefficient (Wildman–Crippen LogP) is 2.51. The van der Waals surface area contributed by atoms with Crippen LogP contribution in [0.4, 0.5) is 0 Å². The fourth-order valence-electron chi connectivity index (χ4n) is 1.93. The van der Waals surface area contributed by atoms with Gasteiger partial charge < -0.3 is 15.2 Å². The molecule has 0 amide bonds. The Bertz CT molecular complexity index is 375. The van der Waals surface area contributed by atoms with Crippen LogP contribution < -0.4 is 10.5 Å². The maximum atomic E-state index is 5.88. The highest BCUT2D eigenvalue weighted by Crippen LogP contribution is 2.30. The molecule has 0 saturated heterocycles. The van der Waals surface area contributed by atoms with Crippen LogP contribution in [0, 0.1) is 5.92 Å². The molecule has 0 aliphatic heterocycles. The molecular formula is C15H23NO2. The third-order valence-corrected chi connectivity index (χ3v) is 3.18. The minimum absolute atomic E-state index is 0.651. The highest BCUT2D eigenvalue weighted by atomic mass is 16.5. The fourth-order valence-corrected chi connectivity index (χ4v) is 1.93. The summed E-state index contributed by atoms with van der Waals surface area (Å²) in [4.78, 5) is 0. The summed E-state index contributed by atoms with van der Waals surface area (Å²) in [5.74, 6) is 1.77. The highest BCUT2D eigenvalue weighted by molar-refractivity contribution is 5.37. The third-order valence-electron chi connectivity index (χ3n) is 3.18. The summed E-state index contributed by atoms with van der Waals surface area (Å²) in [5.41, 5.74) is 8.06. The maximum Gasteiger partial charge on any atom is 0.122 e. The van der Waals surface area contributed by atoms with Crippen LogP contribution >= 0.6 is 0 Å². The van der Waals surface area contributed by atoms with Gasteiger partial charge in [-0.3, -0.25) is 0 Å². The zero-order chi connectivity index (χ0) is 12.8. The van der Waals surface area contributed by atoms with Crippen molar-refractivity contribution >= 4 is 0 Å². The minimum Gasteiger partial charge on any atom is -0.493 e. The van der Waals surface area contributed by atoms with E-state index < -0.39 is 0 Å². The summed E-state index contributed by atoms with van der Waals surface area (Å²) < 4.78 is 11.3. The van der Waals surface area contributed by atoms with Crippen molar-refractivity contribution in [3.63, 3.8) is 0 Å². The van der Waals surface area contributed by atoms with Crippen LogP contribution in [0.25, 0.3) is 0 Å². The second-order valence-electron chi connectivity index (χ2n) is 4.87. The van der Waals surface area contributed by atoms with Crippen molar-refractivity contribution in [2.45, 2.75) is 32.8 Å². The molecule has 0 atom stereocenters. The first kappa shape index (κ1) is 13.4. The van der Waals surface area contributed by atoms with Gasteiger partial charge in [-0.25, -0.2) is 0 Å². The van der Waals surface area contributed by atoms with Crippen molar-refractivity contribution in [3.05, 3.63) is 29.3 Å². The Morgan fingerprint density at radius 2 is 2.17 bits per heavy atom. The second-order valence-corrected chi connectivity index (χ2v) is 4.87. The van der Waals surface area contributed by atoms with Crippen LogP contribution in [0.3, 0.4) is 0 Å². The monoisotopic (exact) mass is 249 g/mol. The van der Waals surface area contributed by atoms with Crippen LogP contribution in [-0.2, 0) is 17.8 Å². The quantitative estimate of drug-likeness (QED) is 0.770. The van der Waals surface area contributed by atoms with Crippen LogP contribution in [0.5, 0.6) is 5.75 Å². The molecule has 1 aromatic carbocycles. The number of ether oxygens (including phenoxy) is 2. The van der Waals surface area contributed by atoms with Crippen LogP contribution in [0.15, 0.2) is 18.2 Å². The zero-order valence-electron chi connectivity index (χ0n) is 11.2. The number of hydrogen-bond acceptors (Lipinski definition) is 3. The molecule has 2 rings (SSSR count). The molecule has 1 fully saturated rings. The fraction of sp³-hybridized carbons (Fsp3) is 0.600. The van der Waals surface area contributed by atoms with E-state index >= 15 is 0 Å². The number of benzene rings is 1. The number of nitrogens with two attached hydrogens (primary N) is 1. The van der Waals surface area contributed by atoms with Crippen molar-refractivity contribution in [1.29, 1.82) is 0 Å². The second kappa shape index (κ2) is 6.76. The average Bonchev–Trinajstić information content (AvgIpc) is 3.19. The predicted molar refractivity (Wildman–Crippen MR) is 72.7 cm³/mol. The van der Waals surface area contributed by atoms with Crippen molar-refractivity contribution in [1.82, 2.24) is 0 Å². The lowest BCUT2D eigenvalue weighted by Gasteiger charge is -2.12. The van der Waals surface area contributed by atoms with Gasteiger partial charge in [0.15, 0.2) is 0 Å². The molecule has 0 spiro atoms. The standard InChI is InChI=1S/C15H23NO2/c1-2-17-10-13-5-6-15(14(9-13)7-8-16)18-11-12-3-4-12/h5-6,9,12H,2-4,7-8,10-11,16H2,1H3. The molecule has 100 valence electrons. The summed E-state index contributed by atoms with van der Waals surface area (Å²) >= 11 is 0. The van der Waals surface area contributed by atoms with Gasteiger partial charge in [0, 0.05) is 6.61 Å². The molecule has 1 aliphatic rings. The normalized spacial score (nSPS) is 14.8. The number of rotatable bonds is 8. The lowest BCUT2D eigenvalue weighted by Crippen LogP contribution is -2.07. The molecular weight excluding hydrogens is 226 g/mol. The summed E-state index contributed by atoms with van der Waals surface area (Å²) in [6.45, 7) is 4.91. The van der Waals surface area contributed by atoms with E-state index in [4.69, 9.17) is 15.2 Å². The van der Waals surface area contributed by atoms with E-state index in [1.54, 1.807) is 0 Å². The van der Waals surface area contributed by atoms with E-state index in [-0.39, 0.29) is 0 Å². The van der Waals surface area contributed by atoms with E-state index in [0.29, 0.717) is 13.2 Å².